The fraction of sp³-hybridized carbons (Fsp3) is 0. The van der Waals surface area contributed by atoms with Crippen LogP contribution in [0.15, 0.2) is 63.2 Å². The molecule has 0 aliphatic carbocycles. The highest BCUT2D eigenvalue weighted by atomic mass is 79.9. The Hall–Kier alpha value is -2.34. The molecular formula is C14H13BrN4O. The summed E-state index contributed by atoms with van der Waals surface area (Å²) < 4.78 is 6.71. The van der Waals surface area contributed by atoms with E-state index in [1.165, 1.54) is 0 Å². The van der Waals surface area contributed by atoms with Gasteiger partial charge in [-0.15, -0.1) is 5.10 Å². The number of rotatable bonds is 4. The predicted octanol–water partition coefficient (Wildman–Crippen LogP) is 2.85. The van der Waals surface area contributed by atoms with Crippen molar-refractivity contribution in [3.63, 3.8) is 0 Å². The summed E-state index contributed by atoms with van der Waals surface area (Å²) in [5.74, 6) is 1.44. The minimum Gasteiger partial charge on any atom is -0.457 e. The molecule has 0 aromatic heterocycles. The summed E-state index contributed by atoms with van der Waals surface area (Å²) in [6, 6.07) is 15.0. The highest BCUT2D eigenvalue weighted by Crippen LogP contribution is 2.23. The van der Waals surface area contributed by atoms with Crippen LogP contribution in [0.2, 0.25) is 0 Å². The van der Waals surface area contributed by atoms with Gasteiger partial charge in [0, 0.05) is 4.47 Å². The van der Waals surface area contributed by atoms with Gasteiger partial charge in [-0.05, 0) is 54.1 Å². The van der Waals surface area contributed by atoms with Gasteiger partial charge < -0.3 is 16.2 Å². The second-order valence-electron chi connectivity index (χ2n) is 3.89. The summed E-state index contributed by atoms with van der Waals surface area (Å²) in [4.78, 5) is 0. The van der Waals surface area contributed by atoms with Gasteiger partial charge in [-0.2, -0.15) is 5.10 Å². The fourth-order valence-corrected chi connectivity index (χ4v) is 1.69. The van der Waals surface area contributed by atoms with Crippen molar-refractivity contribution in [3.05, 3.63) is 58.6 Å². The molecule has 0 atom stereocenters. The molecule has 0 amide bonds. The molecule has 0 bridgehead atoms. The Morgan fingerprint density at radius 3 is 2.05 bits per heavy atom. The molecule has 0 saturated heterocycles. The number of halogens is 1. The van der Waals surface area contributed by atoms with Gasteiger partial charge in [-0.1, -0.05) is 15.9 Å². The van der Waals surface area contributed by atoms with Gasteiger partial charge in [0.2, 0.25) is 5.96 Å². The van der Waals surface area contributed by atoms with Gasteiger partial charge in [0.1, 0.15) is 11.5 Å². The number of hydrogen-bond acceptors (Lipinski definition) is 3. The van der Waals surface area contributed by atoms with E-state index in [-0.39, 0.29) is 5.96 Å². The highest BCUT2D eigenvalue weighted by molar-refractivity contribution is 9.10. The molecule has 102 valence electrons. The Morgan fingerprint density at radius 1 is 0.950 bits per heavy atom. The third-order valence-corrected chi connectivity index (χ3v) is 2.84. The minimum absolute atomic E-state index is 0.0727. The molecular weight excluding hydrogens is 320 g/mol. The summed E-state index contributed by atoms with van der Waals surface area (Å²) in [6.07, 6.45) is 1.56. The van der Waals surface area contributed by atoms with Crippen molar-refractivity contribution >= 4 is 28.1 Å². The lowest BCUT2D eigenvalue weighted by Crippen LogP contribution is -2.21. The molecule has 0 saturated carbocycles. The van der Waals surface area contributed by atoms with Crippen LogP contribution < -0.4 is 16.2 Å². The molecule has 0 spiro atoms. The third-order valence-electron chi connectivity index (χ3n) is 2.31. The molecule has 2 aromatic rings. The maximum absolute atomic E-state index is 5.70. The van der Waals surface area contributed by atoms with Crippen LogP contribution in [-0.2, 0) is 0 Å². The molecule has 0 fully saturated rings. The van der Waals surface area contributed by atoms with E-state index in [0.717, 1.165) is 21.5 Å². The molecule has 0 heterocycles. The van der Waals surface area contributed by atoms with E-state index >= 15 is 0 Å². The second kappa shape index (κ2) is 6.72. The zero-order chi connectivity index (χ0) is 14.4. The zero-order valence-corrected chi connectivity index (χ0v) is 12.1. The highest BCUT2D eigenvalue weighted by Gasteiger charge is 1.97. The van der Waals surface area contributed by atoms with E-state index in [1.54, 1.807) is 6.21 Å². The van der Waals surface area contributed by atoms with Crippen molar-refractivity contribution in [3.8, 4) is 11.5 Å². The van der Waals surface area contributed by atoms with E-state index in [1.807, 2.05) is 48.5 Å². The van der Waals surface area contributed by atoms with Crippen LogP contribution in [0.3, 0.4) is 0 Å². The Bertz CT molecular complexity index is 617. The number of hydrogen-bond donors (Lipinski definition) is 2. The van der Waals surface area contributed by atoms with E-state index in [4.69, 9.17) is 16.2 Å². The van der Waals surface area contributed by atoms with Gasteiger partial charge in [0.25, 0.3) is 0 Å². The van der Waals surface area contributed by atoms with Crippen molar-refractivity contribution < 1.29 is 4.74 Å². The van der Waals surface area contributed by atoms with Gasteiger partial charge in [0.15, 0.2) is 0 Å². The van der Waals surface area contributed by atoms with Crippen molar-refractivity contribution in [2.75, 3.05) is 0 Å². The lowest BCUT2D eigenvalue weighted by molar-refractivity contribution is 0.482. The molecule has 2 rings (SSSR count). The molecule has 2 aromatic carbocycles. The van der Waals surface area contributed by atoms with Crippen LogP contribution >= 0.6 is 15.9 Å². The molecule has 20 heavy (non-hydrogen) atoms. The Morgan fingerprint density at radius 2 is 1.50 bits per heavy atom. The Balaban J connectivity index is 2.03. The summed E-state index contributed by atoms with van der Waals surface area (Å²) >= 11 is 3.38. The van der Waals surface area contributed by atoms with Crippen molar-refractivity contribution in [2.45, 2.75) is 0 Å². The van der Waals surface area contributed by atoms with Crippen molar-refractivity contribution in [2.24, 2.45) is 21.7 Å². The average Bonchev–Trinajstić information content (AvgIpc) is 2.43. The van der Waals surface area contributed by atoms with Crippen molar-refractivity contribution in [1.82, 2.24) is 0 Å². The van der Waals surface area contributed by atoms with E-state index in [9.17, 15) is 0 Å². The minimum atomic E-state index is -0.0727. The quantitative estimate of drug-likeness (QED) is 0.512. The summed E-state index contributed by atoms with van der Waals surface area (Å²) in [5.41, 5.74) is 11.2. The Kier molecular flexibility index (Phi) is 4.73. The van der Waals surface area contributed by atoms with Crippen LogP contribution in [0.25, 0.3) is 0 Å². The topological polar surface area (TPSA) is 86.0 Å². The first-order valence-electron chi connectivity index (χ1n) is 5.79. The fourth-order valence-electron chi connectivity index (χ4n) is 1.42. The summed E-state index contributed by atoms with van der Waals surface area (Å²) in [6.45, 7) is 0. The van der Waals surface area contributed by atoms with E-state index in [2.05, 4.69) is 26.1 Å². The smallest absolute Gasteiger partial charge is 0.211 e. The van der Waals surface area contributed by atoms with Gasteiger partial charge in [-0.3, -0.25) is 0 Å². The molecule has 0 unspecified atom stereocenters. The number of guanidine groups is 1. The average molecular weight is 333 g/mol. The van der Waals surface area contributed by atoms with Crippen LogP contribution in [0, 0.1) is 0 Å². The summed E-state index contributed by atoms with van der Waals surface area (Å²) in [7, 11) is 0. The normalized spacial score (nSPS) is 10.4. The first-order chi connectivity index (χ1) is 9.63. The zero-order valence-electron chi connectivity index (χ0n) is 10.5. The van der Waals surface area contributed by atoms with Crippen LogP contribution in [0.1, 0.15) is 5.56 Å². The third kappa shape index (κ3) is 4.40. The predicted molar refractivity (Wildman–Crippen MR) is 84.1 cm³/mol. The SMILES string of the molecule is NC(N)=NN=Cc1ccc(Oc2ccc(Br)cc2)cc1. The Labute approximate surface area is 125 Å². The first-order valence-corrected chi connectivity index (χ1v) is 6.58. The largest absolute Gasteiger partial charge is 0.457 e. The van der Waals surface area contributed by atoms with Gasteiger partial charge >= 0.3 is 0 Å². The number of ether oxygens (including phenoxy) is 1. The van der Waals surface area contributed by atoms with Gasteiger partial charge in [-0.25, -0.2) is 0 Å². The maximum Gasteiger partial charge on any atom is 0.211 e. The standard InChI is InChI=1S/C14H13BrN4O/c15-11-3-7-13(8-4-11)20-12-5-1-10(2-6-12)9-18-19-14(16)17/h1-9H,(H4,16,17,19). The molecule has 5 nitrogen and oxygen atoms in total. The number of nitrogens with two attached hydrogens (primary N) is 2. The molecule has 6 heteroatoms. The molecule has 0 radical (unpaired) electrons. The van der Waals surface area contributed by atoms with Gasteiger partial charge in [0.05, 0.1) is 6.21 Å². The van der Waals surface area contributed by atoms with E-state index in [0.29, 0.717) is 0 Å². The summed E-state index contributed by atoms with van der Waals surface area (Å²) in [5, 5.41) is 7.26. The number of benzene rings is 2. The van der Waals surface area contributed by atoms with E-state index < -0.39 is 0 Å². The van der Waals surface area contributed by atoms with Crippen molar-refractivity contribution in [1.29, 1.82) is 0 Å². The monoisotopic (exact) mass is 332 g/mol. The van der Waals surface area contributed by atoms with Crippen LogP contribution in [0.4, 0.5) is 0 Å². The molecule has 4 N–H and O–H groups in total. The number of nitrogens with zero attached hydrogens (tertiary/aromatic N) is 2. The molecule has 0 aliphatic rings. The lowest BCUT2D eigenvalue weighted by Gasteiger charge is -2.05. The van der Waals surface area contributed by atoms with Crippen LogP contribution in [-0.4, -0.2) is 12.2 Å². The molecule has 0 aliphatic heterocycles. The second-order valence-corrected chi connectivity index (χ2v) is 4.81. The lowest BCUT2D eigenvalue weighted by atomic mass is 10.2. The van der Waals surface area contributed by atoms with Crippen LogP contribution in [0.5, 0.6) is 11.5 Å². The first kappa shape index (κ1) is 14.1. The maximum atomic E-state index is 5.70.